The number of carboxylic acids is 1. The third kappa shape index (κ3) is 4.65. The number of benzene rings is 1. The van der Waals surface area contributed by atoms with Crippen LogP contribution >= 0.6 is 0 Å². The minimum Gasteiger partial charge on any atom is -0.481 e. The maximum absolute atomic E-state index is 12.4. The Labute approximate surface area is 136 Å². The van der Waals surface area contributed by atoms with Gasteiger partial charge in [0, 0.05) is 31.5 Å². The molecule has 1 aromatic carbocycles. The van der Waals surface area contributed by atoms with E-state index in [2.05, 4.69) is 0 Å². The van der Waals surface area contributed by atoms with Crippen LogP contribution in [0.15, 0.2) is 30.3 Å². The number of carboxylic acid groups (broad SMARTS) is 1. The van der Waals surface area contributed by atoms with Crippen molar-refractivity contribution in [1.82, 2.24) is 4.90 Å². The lowest BCUT2D eigenvalue weighted by Crippen LogP contribution is -2.34. The van der Waals surface area contributed by atoms with Crippen molar-refractivity contribution >= 4 is 17.7 Å². The van der Waals surface area contributed by atoms with E-state index < -0.39 is 17.3 Å². The first kappa shape index (κ1) is 17.2. The van der Waals surface area contributed by atoms with Gasteiger partial charge < -0.3 is 10.0 Å². The third-order valence-corrected chi connectivity index (χ3v) is 4.25. The Bertz CT molecular complexity index is 594. The van der Waals surface area contributed by atoms with Crippen LogP contribution in [0.4, 0.5) is 0 Å². The van der Waals surface area contributed by atoms with Crippen LogP contribution in [0.2, 0.25) is 0 Å². The van der Waals surface area contributed by atoms with Crippen LogP contribution in [0.1, 0.15) is 43.5 Å². The van der Waals surface area contributed by atoms with E-state index in [0.717, 1.165) is 0 Å². The monoisotopic (exact) mass is 317 g/mol. The molecule has 1 aliphatic rings. The van der Waals surface area contributed by atoms with E-state index in [0.29, 0.717) is 24.9 Å². The summed E-state index contributed by atoms with van der Waals surface area (Å²) < 4.78 is 0. The quantitative estimate of drug-likeness (QED) is 0.818. The Hall–Kier alpha value is -2.17. The fraction of sp³-hybridized carbons (Fsp3) is 0.500. The van der Waals surface area contributed by atoms with Gasteiger partial charge >= 0.3 is 5.97 Å². The molecule has 1 unspecified atom stereocenters. The number of ketones is 1. The van der Waals surface area contributed by atoms with E-state index >= 15 is 0 Å². The maximum Gasteiger partial charge on any atom is 0.308 e. The molecule has 0 radical (unpaired) electrons. The van der Waals surface area contributed by atoms with Gasteiger partial charge in [-0.05, 0) is 11.8 Å². The summed E-state index contributed by atoms with van der Waals surface area (Å²) in [5.41, 5.74) is 0.200. The van der Waals surface area contributed by atoms with Crippen molar-refractivity contribution in [2.75, 3.05) is 13.1 Å². The molecule has 1 saturated heterocycles. The molecule has 1 aromatic rings. The second kappa shape index (κ2) is 6.94. The number of hydrogen-bond donors (Lipinski definition) is 1. The van der Waals surface area contributed by atoms with E-state index in [-0.39, 0.29) is 24.7 Å². The van der Waals surface area contributed by atoms with Crippen molar-refractivity contribution in [2.24, 2.45) is 11.3 Å². The van der Waals surface area contributed by atoms with Crippen molar-refractivity contribution < 1.29 is 19.5 Å². The van der Waals surface area contributed by atoms with Crippen LogP contribution in [-0.4, -0.2) is 40.8 Å². The Balaban J connectivity index is 1.92. The molecule has 124 valence electrons. The second-order valence-corrected chi connectivity index (χ2v) is 6.97. The van der Waals surface area contributed by atoms with Crippen LogP contribution in [0.25, 0.3) is 0 Å². The zero-order valence-electron chi connectivity index (χ0n) is 13.6. The molecule has 2 rings (SSSR count). The number of carbonyl (C=O) groups is 3. The molecule has 0 aromatic heterocycles. The molecular weight excluding hydrogens is 294 g/mol. The summed E-state index contributed by atoms with van der Waals surface area (Å²) in [6.45, 7) is 4.56. The zero-order chi connectivity index (χ0) is 17.0. The SMILES string of the molecule is CC(C)(CC(=O)c1ccccc1)CC(=O)N1CCC(C(=O)O)C1. The number of rotatable bonds is 6. The first-order valence-electron chi connectivity index (χ1n) is 7.87. The van der Waals surface area contributed by atoms with Crippen LogP contribution in [-0.2, 0) is 9.59 Å². The molecule has 1 fully saturated rings. The number of carbonyl (C=O) groups excluding carboxylic acids is 2. The van der Waals surface area contributed by atoms with Crippen molar-refractivity contribution in [1.29, 1.82) is 0 Å². The minimum atomic E-state index is -0.848. The van der Waals surface area contributed by atoms with Gasteiger partial charge in [-0.1, -0.05) is 44.2 Å². The topological polar surface area (TPSA) is 74.7 Å². The molecule has 1 atom stereocenters. The number of Topliss-reactive ketones (excluding diaryl/α,β-unsaturated/α-hetero) is 1. The van der Waals surface area contributed by atoms with Gasteiger partial charge in [-0.15, -0.1) is 0 Å². The summed E-state index contributed by atoms with van der Waals surface area (Å²) >= 11 is 0. The van der Waals surface area contributed by atoms with Crippen molar-refractivity contribution in [2.45, 2.75) is 33.1 Å². The van der Waals surface area contributed by atoms with Gasteiger partial charge in [-0.3, -0.25) is 14.4 Å². The standard InChI is InChI=1S/C18H23NO4/c1-18(2,10-15(20)13-6-4-3-5-7-13)11-16(21)19-9-8-14(12-19)17(22)23/h3-7,14H,8-12H2,1-2H3,(H,22,23). The van der Waals surface area contributed by atoms with Gasteiger partial charge in [0.25, 0.3) is 0 Å². The molecule has 1 aliphatic heterocycles. The van der Waals surface area contributed by atoms with Gasteiger partial charge in [0.15, 0.2) is 5.78 Å². The third-order valence-electron chi connectivity index (χ3n) is 4.25. The number of amides is 1. The lowest BCUT2D eigenvalue weighted by Gasteiger charge is -2.26. The lowest BCUT2D eigenvalue weighted by atomic mass is 9.82. The summed E-state index contributed by atoms with van der Waals surface area (Å²) in [4.78, 5) is 37.3. The molecule has 5 heteroatoms. The van der Waals surface area contributed by atoms with E-state index in [1.54, 1.807) is 17.0 Å². The van der Waals surface area contributed by atoms with Gasteiger partial charge in [0.05, 0.1) is 5.92 Å². The lowest BCUT2D eigenvalue weighted by molar-refractivity contribution is -0.141. The molecule has 1 N–H and O–H groups in total. The average molecular weight is 317 g/mol. The fourth-order valence-electron chi connectivity index (χ4n) is 2.93. The predicted molar refractivity (Wildman–Crippen MR) is 86.1 cm³/mol. The van der Waals surface area contributed by atoms with E-state index in [4.69, 9.17) is 5.11 Å². The molecule has 0 saturated carbocycles. The van der Waals surface area contributed by atoms with Crippen LogP contribution in [0.5, 0.6) is 0 Å². The average Bonchev–Trinajstić information content (AvgIpc) is 2.97. The van der Waals surface area contributed by atoms with E-state index in [9.17, 15) is 14.4 Å². The highest BCUT2D eigenvalue weighted by Gasteiger charge is 2.34. The van der Waals surface area contributed by atoms with Crippen molar-refractivity contribution in [3.05, 3.63) is 35.9 Å². The van der Waals surface area contributed by atoms with Crippen LogP contribution in [0.3, 0.4) is 0 Å². The highest BCUT2D eigenvalue weighted by Crippen LogP contribution is 2.29. The number of aliphatic carboxylic acids is 1. The molecule has 5 nitrogen and oxygen atoms in total. The van der Waals surface area contributed by atoms with Gasteiger partial charge in [0.2, 0.25) is 5.91 Å². The largest absolute Gasteiger partial charge is 0.481 e. The van der Waals surface area contributed by atoms with Crippen molar-refractivity contribution in [3.8, 4) is 0 Å². The van der Waals surface area contributed by atoms with Gasteiger partial charge in [-0.2, -0.15) is 0 Å². The summed E-state index contributed by atoms with van der Waals surface area (Å²) in [5.74, 6) is -1.36. The molecule has 1 heterocycles. The summed E-state index contributed by atoms with van der Waals surface area (Å²) in [6, 6.07) is 9.05. The van der Waals surface area contributed by atoms with E-state index in [1.807, 2.05) is 32.0 Å². The Morgan fingerprint density at radius 1 is 1.17 bits per heavy atom. The smallest absolute Gasteiger partial charge is 0.308 e. The molecule has 23 heavy (non-hydrogen) atoms. The highest BCUT2D eigenvalue weighted by molar-refractivity contribution is 5.96. The van der Waals surface area contributed by atoms with Crippen LogP contribution < -0.4 is 0 Å². The highest BCUT2D eigenvalue weighted by atomic mass is 16.4. The number of nitrogens with zero attached hydrogens (tertiary/aromatic N) is 1. The van der Waals surface area contributed by atoms with Gasteiger partial charge in [-0.25, -0.2) is 0 Å². The second-order valence-electron chi connectivity index (χ2n) is 6.97. The van der Waals surface area contributed by atoms with Crippen LogP contribution in [0, 0.1) is 11.3 Å². The number of hydrogen-bond acceptors (Lipinski definition) is 3. The normalized spacial score (nSPS) is 18.0. The first-order valence-corrected chi connectivity index (χ1v) is 7.87. The van der Waals surface area contributed by atoms with E-state index in [1.165, 1.54) is 0 Å². The van der Waals surface area contributed by atoms with Gasteiger partial charge in [0.1, 0.15) is 0 Å². The molecule has 1 amide bonds. The molecule has 0 spiro atoms. The van der Waals surface area contributed by atoms with Crippen molar-refractivity contribution in [3.63, 3.8) is 0 Å². The number of likely N-dealkylation sites (tertiary alicyclic amines) is 1. The Kier molecular flexibility index (Phi) is 5.19. The maximum atomic E-state index is 12.4. The predicted octanol–water partition coefficient (Wildman–Crippen LogP) is 2.61. The first-order chi connectivity index (χ1) is 10.8. The minimum absolute atomic E-state index is 0.0215. The summed E-state index contributed by atoms with van der Waals surface area (Å²) in [5, 5.41) is 9.01. The Morgan fingerprint density at radius 3 is 2.39 bits per heavy atom. The summed E-state index contributed by atoms with van der Waals surface area (Å²) in [7, 11) is 0. The Morgan fingerprint density at radius 2 is 1.83 bits per heavy atom. The molecule has 0 aliphatic carbocycles. The fourth-order valence-corrected chi connectivity index (χ4v) is 2.93. The zero-order valence-corrected chi connectivity index (χ0v) is 13.6. The summed E-state index contributed by atoms with van der Waals surface area (Å²) in [6.07, 6.45) is 1.04. The molecular formula is C18H23NO4. The molecule has 0 bridgehead atoms.